The Morgan fingerprint density at radius 2 is 2.29 bits per heavy atom. The van der Waals surface area contributed by atoms with Gasteiger partial charge in [-0.15, -0.1) is 0 Å². The molecule has 1 N–H and O–H groups in total. The summed E-state index contributed by atoms with van der Waals surface area (Å²) in [6.45, 7) is 2.26. The molecule has 0 saturated carbocycles. The van der Waals surface area contributed by atoms with E-state index in [-0.39, 0.29) is 10.8 Å². The Morgan fingerprint density at radius 3 is 2.86 bits per heavy atom. The first-order valence-corrected chi connectivity index (χ1v) is 4.61. The third kappa shape index (κ3) is 3.44. The van der Waals surface area contributed by atoms with Gasteiger partial charge < -0.3 is 5.32 Å². The molecule has 0 radical (unpaired) electrons. The summed E-state index contributed by atoms with van der Waals surface area (Å²) in [5, 5.41) is 3.00. The second-order valence-electron chi connectivity index (χ2n) is 3.05. The van der Waals surface area contributed by atoms with Gasteiger partial charge in [0.15, 0.2) is 0 Å². The number of benzene rings is 1. The van der Waals surface area contributed by atoms with Gasteiger partial charge in [-0.1, -0.05) is 17.7 Å². The van der Waals surface area contributed by atoms with Crippen LogP contribution in [0.25, 0.3) is 0 Å². The molecule has 0 heterocycles. The molecule has 1 aromatic carbocycles. The van der Waals surface area contributed by atoms with E-state index in [1.54, 1.807) is 6.07 Å². The van der Waals surface area contributed by atoms with Crippen LogP contribution in [0.2, 0.25) is 5.02 Å². The summed E-state index contributed by atoms with van der Waals surface area (Å²) in [4.78, 5) is 10.6. The van der Waals surface area contributed by atoms with E-state index in [0.29, 0.717) is 13.1 Å². The van der Waals surface area contributed by atoms with Crippen LogP contribution in [0.15, 0.2) is 18.2 Å². The molecule has 1 rings (SSSR count). The molecule has 0 fully saturated rings. The molecular weight excluding hydrogens is 205 g/mol. The summed E-state index contributed by atoms with van der Waals surface area (Å²) in [7, 11) is 0. The first kappa shape index (κ1) is 11.1. The van der Waals surface area contributed by atoms with Gasteiger partial charge in [-0.05, 0) is 24.6 Å². The first-order chi connectivity index (χ1) is 6.59. The van der Waals surface area contributed by atoms with Gasteiger partial charge in [0.05, 0.1) is 11.6 Å². The second-order valence-corrected chi connectivity index (χ2v) is 3.46. The number of hydrogen-bond donors (Lipinski definition) is 1. The number of rotatable bonds is 4. The first-order valence-electron chi connectivity index (χ1n) is 4.23. The summed E-state index contributed by atoms with van der Waals surface area (Å²) >= 11 is 5.52. The van der Waals surface area contributed by atoms with Gasteiger partial charge in [0, 0.05) is 6.54 Å². The molecule has 0 atom stereocenters. The third-order valence-corrected chi connectivity index (χ3v) is 1.99. The van der Waals surface area contributed by atoms with Gasteiger partial charge in [-0.25, -0.2) is 4.39 Å². The zero-order valence-electron chi connectivity index (χ0n) is 7.81. The highest BCUT2D eigenvalue weighted by molar-refractivity contribution is 6.30. The maximum Gasteiger partial charge on any atom is 0.143 e. The van der Waals surface area contributed by atoms with Crippen molar-refractivity contribution in [1.29, 1.82) is 0 Å². The van der Waals surface area contributed by atoms with E-state index in [9.17, 15) is 9.18 Å². The Kier molecular flexibility index (Phi) is 4.04. The molecule has 0 aliphatic heterocycles. The lowest BCUT2D eigenvalue weighted by Crippen LogP contribution is -2.20. The number of carbonyl (C=O) groups excluding carboxylic acids is 1. The summed E-state index contributed by atoms with van der Waals surface area (Å²) in [5.74, 6) is -0.381. The van der Waals surface area contributed by atoms with E-state index in [0.717, 1.165) is 5.56 Å². The number of nitrogens with one attached hydrogen (secondary N) is 1. The fourth-order valence-electron chi connectivity index (χ4n) is 1.03. The van der Waals surface area contributed by atoms with Crippen molar-refractivity contribution in [2.45, 2.75) is 13.5 Å². The predicted molar refractivity (Wildman–Crippen MR) is 53.8 cm³/mol. The van der Waals surface area contributed by atoms with Crippen LogP contribution in [-0.2, 0) is 11.3 Å². The zero-order valence-corrected chi connectivity index (χ0v) is 8.57. The van der Waals surface area contributed by atoms with Crippen LogP contribution in [-0.4, -0.2) is 12.3 Å². The molecule has 0 saturated heterocycles. The summed E-state index contributed by atoms with van der Waals surface area (Å²) in [6.07, 6.45) is 0. The highest BCUT2D eigenvalue weighted by atomic mass is 35.5. The average molecular weight is 216 g/mol. The topological polar surface area (TPSA) is 29.1 Å². The van der Waals surface area contributed by atoms with Gasteiger partial charge in [-0.2, -0.15) is 0 Å². The minimum absolute atomic E-state index is 0.0550. The maximum absolute atomic E-state index is 12.9. The van der Waals surface area contributed by atoms with Crippen LogP contribution in [0.4, 0.5) is 4.39 Å². The molecule has 0 amide bonds. The number of carbonyl (C=O) groups is 1. The van der Waals surface area contributed by atoms with Crippen LogP contribution in [0.1, 0.15) is 12.5 Å². The van der Waals surface area contributed by atoms with Crippen LogP contribution in [0.3, 0.4) is 0 Å². The smallest absolute Gasteiger partial charge is 0.143 e. The highest BCUT2D eigenvalue weighted by Gasteiger charge is 2.00. The largest absolute Gasteiger partial charge is 0.306 e. The third-order valence-electron chi connectivity index (χ3n) is 1.69. The fraction of sp³-hybridized carbons (Fsp3) is 0.300. The van der Waals surface area contributed by atoms with Crippen LogP contribution in [0.5, 0.6) is 0 Å². The molecule has 0 bridgehead atoms. The van der Waals surface area contributed by atoms with E-state index in [2.05, 4.69) is 5.32 Å². The highest BCUT2D eigenvalue weighted by Crippen LogP contribution is 2.15. The fourth-order valence-corrected chi connectivity index (χ4v) is 1.15. The zero-order chi connectivity index (χ0) is 10.6. The van der Waals surface area contributed by atoms with Crippen molar-refractivity contribution < 1.29 is 9.18 Å². The number of hydrogen-bond acceptors (Lipinski definition) is 2. The Morgan fingerprint density at radius 1 is 1.57 bits per heavy atom. The standard InChI is InChI=1S/C10H11ClFNO/c1-7(14)5-13-6-8-2-3-9(11)10(12)4-8/h2-4,13H,5-6H2,1H3. The Hall–Kier alpha value is -0.930. The molecule has 1 aromatic rings. The van der Waals surface area contributed by atoms with Crippen molar-refractivity contribution >= 4 is 17.4 Å². The molecular formula is C10H11ClFNO. The summed E-state index contributed by atoms with van der Waals surface area (Å²) < 4.78 is 12.9. The van der Waals surface area contributed by atoms with Crippen molar-refractivity contribution in [3.8, 4) is 0 Å². The summed E-state index contributed by atoms with van der Waals surface area (Å²) in [5.41, 5.74) is 0.771. The van der Waals surface area contributed by atoms with Gasteiger partial charge in [0.2, 0.25) is 0 Å². The monoisotopic (exact) mass is 215 g/mol. The van der Waals surface area contributed by atoms with E-state index >= 15 is 0 Å². The van der Waals surface area contributed by atoms with Crippen molar-refractivity contribution in [1.82, 2.24) is 5.32 Å². The molecule has 4 heteroatoms. The van der Waals surface area contributed by atoms with E-state index in [1.807, 2.05) is 0 Å². The van der Waals surface area contributed by atoms with Crippen LogP contribution in [0, 0.1) is 5.82 Å². The van der Waals surface area contributed by atoms with Crippen LogP contribution < -0.4 is 5.32 Å². The van der Waals surface area contributed by atoms with Crippen molar-refractivity contribution in [3.63, 3.8) is 0 Å². The lowest BCUT2D eigenvalue weighted by Gasteiger charge is -2.03. The summed E-state index contributed by atoms with van der Waals surface area (Å²) in [6, 6.07) is 4.58. The van der Waals surface area contributed by atoms with E-state index < -0.39 is 5.82 Å². The number of halogens is 2. The maximum atomic E-state index is 12.9. The normalized spacial score (nSPS) is 10.2. The lowest BCUT2D eigenvalue weighted by molar-refractivity contribution is -0.116. The van der Waals surface area contributed by atoms with Crippen molar-refractivity contribution in [3.05, 3.63) is 34.6 Å². The molecule has 0 aliphatic carbocycles. The van der Waals surface area contributed by atoms with E-state index in [4.69, 9.17) is 11.6 Å². The molecule has 0 spiro atoms. The second kappa shape index (κ2) is 5.08. The molecule has 0 unspecified atom stereocenters. The van der Waals surface area contributed by atoms with Gasteiger partial charge in [0.1, 0.15) is 11.6 Å². The van der Waals surface area contributed by atoms with Gasteiger partial charge in [-0.3, -0.25) is 4.79 Å². The lowest BCUT2D eigenvalue weighted by atomic mass is 10.2. The van der Waals surface area contributed by atoms with Crippen molar-refractivity contribution in [2.24, 2.45) is 0 Å². The average Bonchev–Trinajstić information content (AvgIpc) is 2.10. The van der Waals surface area contributed by atoms with Gasteiger partial charge >= 0.3 is 0 Å². The molecule has 14 heavy (non-hydrogen) atoms. The molecule has 76 valence electrons. The van der Waals surface area contributed by atoms with Gasteiger partial charge in [0.25, 0.3) is 0 Å². The minimum Gasteiger partial charge on any atom is -0.306 e. The predicted octanol–water partition coefficient (Wildman–Crippen LogP) is 2.16. The van der Waals surface area contributed by atoms with E-state index in [1.165, 1.54) is 19.1 Å². The van der Waals surface area contributed by atoms with Crippen molar-refractivity contribution in [2.75, 3.05) is 6.54 Å². The minimum atomic E-state index is -0.436. The molecule has 0 aromatic heterocycles. The number of Topliss-reactive ketones (excluding diaryl/α,β-unsaturated/α-hetero) is 1. The number of ketones is 1. The Bertz CT molecular complexity index is 341. The van der Waals surface area contributed by atoms with Crippen LogP contribution >= 0.6 is 11.6 Å². The molecule has 2 nitrogen and oxygen atoms in total. The quantitative estimate of drug-likeness (QED) is 0.834. The SMILES string of the molecule is CC(=O)CNCc1ccc(Cl)c(F)c1. The Balaban J connectivity index is 2.51. The molecule has 0 aliphatic rings. The Labute approximate surface area is 87.1 Å².